The molecule has 0 aliphatic carbocycles. The molecule has 0 fully saturated rings. The first-order valence-electron chi connectivity index (χ1n) is 4.73. The standard InChI is InChI=1S/C11H11N3O3/c12-5-9(15)11(14,6-13)8-4-2-1-3-7(8)10(16)17/h1-4H,5,12,14H2,(H,16,17). The number of carbonyl (C=O) groups excluding carboxylic acids is 1. The number of hydrogen-bond acceptors (Lipinski definition) is 5. The number of carbonyl (C=O) groups is 2. The highest BCUT2D eigenvalue weighted by atomic mass is 16.4. The van der Waals surface area contributed by atoms with E-state index in [1.165, 1.54) is 24.3 Å². The van der Waals surface area contributed by atoms with Crippen molar-refractivity contribution in [3.63, 3.8) is 0 Å². The molecule has 0 saturated carbocycles. The first kappa shape index (κ1) is 12.8. The van der Waals surface area contributed by atoms with Crippen LogP contribution in [0.1, 0.15) is 15.9 Å². The summed E-state index contributed by atoms with van der Waals surface area (Å²) >= 11 is 0. The number of rotatable bonds is 4. The molecule has 17 heavy (non-hydrogen) atoms. The second-order valence-electron chi connectivity index (χ2n) is 3.40. The van der Waals surface area contributed by atoms with Crippen molar-refractivity contribution in [1.29, 1.82) is 5.26 Å². The van der Waals surface area contributed by atoms with Gasteiger partial charge in [-0.15, -0.1) is 0 Å². The maximum atomic E-state index is 11.6. The van der Waals surface area contributed by atoms with E-state index in [0.717, 1.165) is 0 Å². The summed E-state index contributed by atoms with van der Waals surface area (Å²) in [5.74, 6) is -1.98. The van der Waals surface area contributed by atoms with Crippen molar-refractivity contribution in [2.45, 2.75) is 5.54 Å². The Morgan fingerprint density at radius 2 is 2.00 bits per heavy atom. The van der Waals surface area contributed by atoms with E-state index in [1.54, 1.807) is 6.07 Å². The minimum absolute atomic E-state index is 0.0505. The van der Waals surface area contributed by atoms with Crippen molar-refractivity contribution >= 4 is 11.8 Å². The van der Waals surface area contributed by atoms with Crippen LogP contribution in [-0.4, -0.2) is 23.4 Å². The highest BCUT2D eigenvalue weighted by molar-refractivity contribution is 5.98. The van der Waals surface area contributed by atoms with E-state index < -0.39 is 23.8 Å². The third kappa shape index (κ3) is 2.15. The van der Waals surface area contributed by atoms with Crippen molar-refractivity contribution in [2.24, 2.45) is 11.5 Å². The number of aromatic carboxylic acids is 1. The van der Waals surface area contributed by atoms with Crippen molar-refractivity contribution in [1.82, 2.24) is 0 Å². The van der Waals surface area contributed by atoms with Crippen LogP contribution in [-0.2, 0) is 10.3 Å². The number of hydrogen-bond donors (Lipinski definition) is 3. The van der Waals surface area contributed by atoms with Gasteiger partial charge >= 0.3 is 5.97 Å². The monoisotopic (exact) mass is 233 g/mol. The summed E-state index contributed by atoms with van der Waals surface area (Å²) in [7, 11) is 0. The molecule has 5 N–H and O–H groups in total. The Kier molecular flexibility index (Phi) is 3.58. The summed E-state index contributed by atoms with van der Waals surface area (Å²) in [4.78, 5) is 22.6. The SMILES string of the molecule is N#CC(N)(C(=O)CN)c1ccccc1C(=O)O. The second-order valence-corrected chi connectivity index (χ2v) is 3.40. The molecule has 88 valence electrons. The van der Waals surface area contributed by atoms with E-state index in [1.807, 2.05) is 0 Å². The van der Waals surface area contributed by atoms with Crippen LogP contribution >= 0.6 is 0 Å². The number of carboxylic acids is 1. The molecular weight excluding hydrogens is 222 g/mol. The van der Waals surface area contributed by atoms with Crippen molar-refractivity contribution in [3.8, 4) is 6.07 Å². The van der Waals surface area contributed by atoms with Crippen LogP contribution in [0.5, 0.6) is 0 Å². The molecule has 0 saturated heterocycles. The summed E-state index contributed by atoms with van der Waals surface area (Å²) in [5.41, 5.74) is 8.57. The van der Waals surface area contributed by atoms with Crippen LogP contribution < -0.4 is 11.5 Å². The van der Waals surface area contributed by atoms with Crippen LogP contribution in [0.2, 0.25) is 0 Å². The summed E-state index contributed by atoms with van der Waals surface area (Å²) < 4.78 is 0. The van der Waals surface area contributed by atoms with Gasteiger partial charge in [0.05, 0.1) is 18.2 Å². The Bertz CT molecular complexity index is 507. The van der Waals surface area contributed by atoms with Gasteiger partial charge in [0.2, 0.25) is 0 Å². The van der Waals surface area contributed by atoms with Crippen LogP contribution in [0.3, 0.4) is 0 Å². The topological polar surface area (TPSA) is 130 Å². The molecular formula is C11H11N3O3. The van der Waals surface area contributed by atoms with Gasteiger partial charge in [0.15, 0.2) is 11.3 Å². The number of ketones is 1. The summed E-state index contributed by atoms with van der Waals surface area (Å²) in [6, 6.07) is 7.23. The first-order chi connectivity index (χ1) is 7.97. The molecule has 0 heterocycles. The van der Waals surface area contributed by atoms with Gasteiger partial charge in [-0.05, 0) is 6.07 Å². The van der Waals surface area contributed by atoms with Gasteiger partial charge in [0.1, 0.15) is 0 Å². The van der Waals surface area contributed by atoms with Crippen LogP contribution in [0.4, 0.5) is 0 Å². The zero-order valence-electron chi connectivity index (χ0n) is 8.88. The van der Waals surface area contributed by atoms with E-state index in [9.17, 15) is 9.59 Å². The molecule has 0 aliphatic rings. The highest BCUT2D eigenvalue weighted by Gasteiger charge is 2.37. The third-order valence-corrected chi connectivity index (χ3v) is 2.38. The van der Waals surface area contributed by atoms with E-state index in [-0.39, 0.29) is 11.1 Å². The fourth-order valence-electron chi connectivity index (χ4n) is 1.45. The molecule has 0 aromatic heterocycles. The molecule has 1 unspecified atom stereocenters. The average Bonchev–Trinajstić information content (AvgIpc) is 2.36. The number of benzene rings is 1. The minimum Gasteiger partial charge on any atom is -0.478 e. The van der Waals surface area contributed by atoms with E-state index in [2.05, 4.69) is 0 Å². The van der Waals surface area contributed by atoms with Crippen LogP contribution in [0.15, 0.2) is 24.3 Å². The second kappa shape index (κ2) is 4.74. The molecule has 6 nitrogen and oxygen atoms in total. The van der Waals surface area contributed by atoms with E-state index in [4.69, 9.17) is 21.8 Å². The molecule has 0 amide bonds. The highest BCUT2D eigenvalue weighted by Crippen LogP contribution is 2.22. The summed E-state index contributed by atoms with van der Waals surface area (Å²) in [6.45, 7) is -0.433. The smallest absolute Gasteiger partial charge is 0.336 e. The number of nitrogens with two attached hydrogens (primary N) is 2. The average molecular weight is 233 g/mol. The number of Topliss-reactive ketones (excluding diaryl/α,β-unsaturated/α-hetero) is 1. The molecule has 0 aliphatic heterocycles. The summed E-state index contributed by atoms with van der Waals surface area (Å²) in [6.07, 6.45) is 0. The Balaban J connectivity index is 3.46. The molecule has 0 spiro atoms. The normalized spacial score (nSPS) is 13.5. The van der Waals surface area contributed by atoms with Gasteiger partial charge in [0.25, 0.3) is 0 Å². The van der Waals surface area contributed by atoms with Gasteiger partial charge in [-0.2, -0.15) is 5.26 Å². The molecule has 0 radical (unpaired) electrons. The Morgan fingerprint density at radius 1 is 1.41 bits per heavy atom. The zero-order chi connectivity index (χ0) is 13.1. The fourth-order valence-corrected chi connectivity index (χ4v) is 1.45. The van der Waals surface area contributed by atoms with E-state index >= 15 is 0 Å². The van der Waals surface area contributed by atoms with E-state index in [0.29, 0.717) is 0 Å². The number of carboxylic acid groups (broad SMARTS) is 1. The lowest BCUT2D eigenvalue weighted by Gasteiger charge is -2.21. The molecule has 0 bridgehead atoms. The fraction of sp³-hybridized carbons (Fsp3) is 0.182. The first-order valence-corrected chi connectivity index (χ1v) is 4.73. The Labute approximate surface area is 97.4 Å². The number of nitriles is 1. The lowest BCUT2D eigenvalue weighted by atomic mass is 9.85. The van der Waals surface area contributed by atoms with Crippen molar-refractivity contribution in [3.05, 3.63) is 35.4 Å². The Hall–Kier alpha value is -2.23. The van der Waals surface area contributed by atoms with Gasteiger partial charge < -0.3 is 16.6 Å². The van der Waals surface area contributed by atoms with Crippen molar-refractivity contribution in [2.75, 3.05) is 6.54 Å². The maximum absolute atomic E-state index is 11.6. The molecule has 6 heteroatoms. The zero-order valence-corrected chi connectivity index (χ0v) is 8.88. The predicted molar refractivity (Wildman–Crippen MR) is 58.9 cm³/mol. The lowest BCUT2D eigenvalue weighted by molar-refractivity contribution is -0.121. The van der Waals surface area contributed by atoms with Gasteiger partial charge in [0, 0.05) is 5.56 Å². The minimum atomic E-state index is -2.02. The molecule has 1 rings (SSSR count). The van der Waals surface area contributed by atoms with Gasteiger partial charge in [-0.3, -0.25) is 4.79 Å². The quantitative estimate of drug-likeness (QED) is 0.648. The molecule has 1 aromatic carbocycles. The lowest BCUT2D eigenvalue weighted by Crippen LogP contribution is -2.47. The van der Waals surface area contributed by atoms with Gasteiger partial charge in [-0.25, -0.2) is 4.79 Å². The molecule has 1 aromatic rings. The van der Waals surface area contributed by atoms with Crippen LogP contribution in [0.25, 0.3) is 0 Å². The summed E-state index contributed by atoms with van der Waals surface area (Å²) in [5, 5.41) is 18.0. The van der Waals surface area contributed by atoms with Gasteiger partial charge in [-0.1, -0.05) is 18.2 Å². The van der Waals surface area contributed by atoms with Crippen LogP contribution in [0, 0.1) is 11.3 Å². The molecule has 1 atom stereocenters. The predicted octanol–water partition coefficient (Wildman–Crippen LogP) is -0.410. The van der Waals surface area contributed by atoms with Crippen molar-refractivity contribution < 1.29 is 14.7 Å². The Morgan fingerprint density at radius 3 is 2.47 bits per heavy atom. The maximum Gasteiger partial charge on any atom is 0.336 e. The largest absolute Gasteiger partial charge is 0.478 e. The number of nitrogens with zero attached hydrogens (tertiary/aromatic N) is 1. The third-order valence-electron chi connectivity index (χ3n) is 2.38.